The van der Waals surface area contributed by atoms with Crippen molar-refractivity contribution in [2.24, 2.45) is 0 Å². The van der Waals surface area contributed by atoms with Crippen molar-refractivity contribution in [2.45, 2.75) is 45.6 Å². The number of rotatable bonds is 6. The molecule has 0 spiro atoms. The summed E-state index contributed by atoms with van der Waals surface area (Å²) in [5.41, 5.74) is 1.22. The second-order valence-electron chi connectivity index (χ2n) is 4.44. The SMILES string of the molecule is CCCCCCCn1c(=N)sc2ccccc21. The normalized spacial score (nSPS) is 11.1. The van der Waals surface area contributed by atoms with E-state index in [1.807, 2.05) is 6.07 Å². The Labute approximate surface area is 106 Å². The van der Waals surface area contributed by atoms with Crippen molar-refractivity contribution < 1.29 is 0 Å². The van der Waals surface area contributed by atoms with E-state index < -0.39 is 0 Å². The average molecular weight is 248 g/mol. The fraction of sp³-hybridized carbons (Fsp3) is 0.500. The fourth-order valence-corrected chi connectivity index (χ4v) is 3.07. The van der Waals surface area contributed by atoms with Crippen LogP contribution in [-0.4, -0.2) is 4.57 Å². The smallest absolute Gasteiger partial charge is 0.182 e. The van der Waals surface area contributed by atoms with Gasteiger partial charge in [-0.15, -0.1) is 0 Å². The molecule has 3 heteroatoms. The number of benzene rings is 1. The van der Waals surface area contributed by atoms with Crippen LogP contribution in [0.2, 0.25) is 0 Å². The van der Waals surface area contributed by atoms with Gasteiger partial charge in [0.25, 0.3) is 0 Å². The van der Waals surface area contributed by atoms with Crippen LogP contribution in [0.3, 0.4) is 0 Å². The fourth-order valence-electron chi connectivity index (χ4n) is 2.13. The predicted molar refractivity (Wildman–Crippen MR) is 74.4 cm³/mol. The van der Waals surface area contributed by atoms with Crippen molar-refractivity contribution in [3.63, 3.8) is 0 Å². The van der Waals surface area contributed by atoms with Crippen LogP contribution < -0.4 is 4.80 Å². The van der Waals surface area contributed by atoms with E-state index in [1.54, 1.807) is 11.3 Å². The molecular weight excluding hydrogens is 228 g/mol. The largest absolute Gasteiger partial charge is 0.317 e. The van der Waals surface area contributed by atoms with Crippen molar-refractivity contribution in [1.29, 1.82) is 5.41 Å². The van der Waals surface area contributed by atoms with Crippen LogP contribution in [0.1, 0.15) is 39.0 Å². The first kappa shape index (κ1) is 12.4. The van der Waals surface area contributed by atoms with E-state index in [0.29, 0.717) is 4.80 Å². The quantitative estimate of drug-likeness (QED) is 0.744. The van der Waals surface area contributed by atoms with Crippen molar-refractivity contribution in [3.05, 3.63) is 29.1 Å². The van der Waals surface area contributed by atoms with Crippen LogP contribution in [0.4, 0.5) is 0 Å². The zero-order valence-electron chi connectivity index (χ0n) is 10.4. The first-order valence-electron chi connectivity index (χ1n) is 6.46. The first-order valence-corrected chi connectivity index (χ1v) is 7.27. The standard InChI is InChI=1S/C14H20N2S/c1-2-3-4-5-8-11-16-12-9-6-7-10-13(12)17-14(16)15/h6-7,9-10,15H,2-5,8,11H2,1H3. The maximum absolute atomic E-state index is 8.00. The zero-order chi connectivity index (χ0) is 12.1. The molecule has 0 aliphatic heterocycles. The molecule has 1 N–H and O–H groups in total. The van der Waals surface area contributed by atoms with Gasteiger partial charge in [-0.3, -0.25) is 5.41 Å². The molecule has 2 nitrogen and oxygen atoms in total. The molecule has 1 heterocycles. The van der Waals surface area contributed by atoms with Crippen LogP contribution in [0.5, 0.6) is 0 Å². The van der Waals surface area contributed by atoms with E-state index >= 15 is 0 Å². The monoisotopic (exact) mass is 248 g/mol. The van der Waals surface area contributed by atoms with Gasteiger partial charge in [-0.1, -0.05) is 56.1 Å². The molecule has 0 unspecified atom stereocenters. The lowest BCUT2D eigenvalue weighted by Crippen LogP contribution is -2.12. The number of unbranched alkanes of at least 4 members (excludes halogenated alkanes) is 4. The minimum Gasteiger partial charge on any atom is -0.317 e. The molecule has 1 aromatic carbocycles. The minimum atomic E-state index is 0.682. The Kier molecular flexibility index (Phi) is 4.37. The van der Waals surface area contributed by atoms with Gasteiger partial charge in [-0.25, -0.2) is 0 Å². The third-order valence-electron chi connectivity index (χ3n) is 3.09. The van der Waals surface area contributed by atoms with Crippen LogP contribution in [-0.2, 0) is 6.54 Å². The van der Waals surface area contributed by atoms with Crippen molar-refractivity contribution in [1.82, 2.24) is 4.57 Å². The number of nitrogens with zero attached hydrogens (tertiary/aromatic N) is 1. The summed E-state index contributed by atoms with van der Waals surface area (Å²) in [7, 11) is 0. The molecule has 92 valence electrons. The molecule has 0 aliphatic carbocycles. The predicted octanol–water partition coefficient (Wildman–Crippen LogP) is 4.15. The molecule has 2 aromatic rings. The van der Waals surface area contributed by atoms with E-state index in [1.165, 1.54) is 42.3 Å². The Morgan fingerprint density at radius 1 is 1.12 bits per heavy atom. The van der Waals surface area contributed by atoms with Gasteiger partial charge in [-0.2, -0.15) is 0 Å². The van der Waals surface area contributed by atoms with Gasteiger partial charge < -0.3 is 4.57 Å². The van der Waals surface area contributed by atoms with Gasteiger partial charge in [0, 0.05) is 6.54 Å². The van der Waals surface area contributed by atoms with Crippen molar-refractivity contribution in [2.75, 3.05) is 0 Å². The van der Waals surface area contributed by atoms with E-state index in [9.17, 15) is 0 Å². The molecule has 0 atom stereocenters. The number of nitrogens with one attached hydrogen (secondary N) is 1. The number of hydrogen-bond acceptors (Lipinski definition) is 2. The summed E-state index contributed by atoms with van der Waals surface area (Å²) in [5.74, 6) is 0. The van der Waals surface area contributed by atoms with Crippen molar-refractivity contribution in [3.8, 4) is 0 Å². The lowest BCUT2D eigenvalue weighted by atomic mass is 10.1. The summed E-state index contributed by atoms with van der Waals surface area (Å²) >= 11 is 1.58. The lowest BCUT2D eigenvalue weighted by molar-refractivity contribution is 0.568. The van der Waals surface area contributed by atoms with Gasteiger partial charge in [-0.05, 0) is 18.6 Å². The summed E-state index contributed by atoms with van der Waals surface area (Å²) in [5, 5.41) is 8.00. The number of thiazole rings is 1. The molecule has 0 saturated carbocycles. The zero-order valence-corrected chi connectivity index (χ0v) is 11.2. The van der Waals surface area contributed by atoms with Gasteiger partial charge in [0.15, 0.2) is 4.80 Å². The number of para-hydroxylation sites is 1. The molecule has 0 aliphatic rings. The molecule has 2 rings (SSSR count). The molecule has 0 bridgehead atoms. The van der Waals surface area contributed by atoms with Gasteiger partial charge in [0.1, 0.15) is 0 Å². The molecular formula is C14H20N2S. The maximum Gasteiger partial charge on any atom is 0.182 e. The van der Waals surface area contributed by atoms with Crippen LogP contribution in [0, 0.1) is 5.41 Å². The highest BCUT2D eigenvalue weighted by Gasteiger charge is 2.03. The molecule has 17 heavy (non-hydrogen) atoms. The highest BCUT2D eigenvalue weighted by molar-refractivity contribution is 7.16. The van der Waals surface area contributed by atoms with Gasteiger partial charge >= 0.3 is 0 Å². The molecule has 0 fully saturated rings. The Morgan fingerprint density at radius 3 is 2.71 bits per heavy atom. The van der Waals surface area contributed by atoms with Crippen LogP contribution in [0.15, 0.2) is 24.3 Å². The van der Waals surface area contributed by atoms with E-state index in [4.69, 9.17) is 5.41 Å². The minimum absolute atomic E-state index is 0.682. The Morgan fingerprint density at radius 2 is 1.88 bits per heavy atom. The highest BCUT2D eigenvalue weighted by Crippen LogP contribution is 2.17. The Hall–Kier alpha value is -1.09. The molecule has 0 amide bonds. The number of aryl methyl sites for hydroxylation is 1. The molecule has 0 saturated heterocycles. The summed E-state index contributed by atoms with van der Waals surface area (Å²) in [6.45, 7) is 3.23. The maximum atomic E-state index is 8.00. The molecule has 1 aromatic heterocycles. The second-order valence-corrected chi connectivity index (χ2v) is 5.47. The van der Waals surface area contributed by atoms with E-state index in [0.717, 1.165) is 6.54 Å². The van der Waals surface area contributed by atoms with Crippen molar-refractivity contribution >= 4 is 21.6 Å². The first-order chi connectivity index (χ1) is 8.33. The topological polar surface area (TPSA) is 28.8 Å². The number of fused-ring (bicyclic) bond motifs is 1. The average Bonchev–Trinajstić information content (AvgIpc) is 2.65. The van der Waals surface area contributed by atoms with Crippen LogP contribution >= 0.6 is 11.3 Å². The van der Waals surface area contributed by atoms with E-state index in [2.05, 4.69) is 29.7 Å². The summed E-state index contributed by atoms with van der Waals surface area (Å²) in [4.78, 5) is 0.682. The second kappa shape index (κ2) is 6.01. The number of aromatic nitrogens is 1. The number of hydrogen-bond donors (Lipinski definition) is 1. The van der Waals surface area contributed by atoms with Crippen LogP contribution in [0.25, 0.3) is 10.2 Å². The molecule has 0 radical (unpaired) electrons. The lowest BCUT2D eigenvalue weighted by Gasteiger charge is -2.04. The highest BCUT2D eigenvalue weighted by atomic mass is 32.1. The summed E-state index contributed by atoms with van der Waals surface area (Å²) < 4.78 is 3.37. The Bertz CT molecular complexity index is 524. The summed E-state index contributed by atoms with van der Waals surface area (Å²) in [6, 6.07) is 8.33. The summed E-state index contributed by atoms with van der Waals surface area (Å²) in [6.07, 6.45) is 6.43. The van der Waals surface area contributed by atoms with Gasteiger partial charge in [0.05, 0.1) is 10.2 Å². The Balaban J connectivity index is 2.03. The third kappa shape index (κ3) is 2.97. The van der Waals surface area contributed by atoms with Gasteiger partial charge in [0.2, 0.25) is 0 Å². The third-order valence-corrected chi connectivity index (χ3v) is 4.07. The van der Waals surface area contributed by atoms with E-state index in [-0.39, 0.29) is 0 Å².